The minimum atomic E-state index is -0.0403. The van der Waals surface area contributed by atoms with Crippen LogP contribution >= 0.6 is 0 Å². The first-order valence-corrected chi connectivity index (χ1v) is 6.09. The third kappa shape index (κ3) is 4.10. The van der Waals surface area contributed by atoms with Crippen LogP contribution in [-0.4, -0.2) is 38.3 Å². The molecule has 1 amide bonds. The van der Waals surface area contributed by atoms with Gasteiger partial charge in [0.05, 0.1) is 12.1 Å². The van der Waals surface area contributed by atoms with Crippen molar-refractivity contribution in [2.45, 2.75) is 38.6 Å². The molecule has 94 valence electrons. The highest BCUT2D eigenvalue weighted by atomic mass is 16.5. The van der Waals surface area contributed by atoms with E-state index in [9.17, 15) is 4.79 Å². The van der Waals surface area contributed by atoms with Crippen molar-refractivity contribution in [3.8, 4) is 0 Å². The van der Waals surface area contributed by atoms with Crippen LogP contribution in [0.2, 0.25) is 0 Å². The summed E-state index contributed by atoms with van der Waals surface area (Å²) in [4.78, 5) is 11.6. The maximum atomic E-state index is 11.6. The van der Waals surface area contributed by atoms with Gasteiger partial charge >= 0.3 is 0 Å². The van der Waals surface area contributed by atoms with E-state index in [-0.39, 0.29) is 11.4 Å². The smallest absolute Gasteiger partial charge is 0.220 e. The van der Waals surface area contributed by atoms with E-state index < -0.39 is 0 Å². The quantitative estimate of drug-likeness (QED) is 0.710. The molecule has 4 heteroatoms. The molecule has 0 aromatic rings. The highest BCUT2D eigenvalue weighted by molar-refractivity contribution is 5.76. The summed E-state index contributed by atoms with van der Waals surface area (Å²) in [5.41, 5.74) is -0.0403. The Balaban J connectivity index is 2.35. The van der Waals surface area contributed by atoms with E-state index in [2.05, 4.69) is 24.5 Å². The van der Waals surface area contributed by atoms with Gasteiger partial charge in [-0.2, -0.15) is 0 Å². The van der Waals surface area contributed by atoms with E-state index in [0.717, 1.165) is 19.4 Å². The molecule has 0 spiro atoms. The molecule has 1 atom stereocenters. The number of hydrogen-bond donors (Lipinski definition) is 2. The standard InChI is InChI=1S/C12H24N2O2/c1-10(2)7-11(15)13-8-12(9-16-3)5-4-6-14-12/h10,14H,4-9H2,1-3H3,(H,13,15). The van der Waals surface area contributed by atoms with Crippen LogP contribution in [-0.2, 0) is 9.53 Å². The van der Waals surface area contributed by atoms with Crippen molar-refractivity contribution in [1.82, 2.24) is 10.6 Å². The Kier molecular flexibility index (Phi) is 5.22. The Labute approximate surface area is 98.1 Å². The molecule has 0 aromatic heterocycles. The number of rotatable bonds is 6. The zero-order valence-corrected chi connectivity index (χ0v) is 10.6. The summed E-state index contributed by atoms with van der Waals surface area (Å²) >= 11 is 0. The second-order valence-electron chi connectivity index (χ2n) is 5.12. The van der Waals surface area contributed by atoms with Gasteiger partial charge in [-0.3, -0.25) is 4.79 Å². The maximum Gasteiger partial charge on any atom is 0.220 e. The van der Waals surface area contributed by atoms with E-state index >= 15 is 0 Å². The Hall–Kier alpha value is -0.610. The van der Waals surface area contributed by atoms with Gasteiger partial charge in [0.1, 0.15) is 0 Å². The Morgan fingerprint density at radius 3 is 2.81 bits per heavy atom. The lowest BCUT2D eigenvalue weighted by Gasteiger charge is -2.29. The first kappa shape index (κ1) is 13.5. The summed E-state index contributed by atoms with van der Waals surface area (Å²) in [6.45, 7) is 6.46. The van der Waals surface area contributed by atoms with Gasteiger partial charge in [0.2, 0.25) is 5.91 Å². The van der Waals surface area contributed by atoms with E-state index in [4.69, 9.17) is 4.74 Å². The van der Waals surface area contributed by atoms with Gasteiger partial charge in [0.25, 0.3) is 0 Å². The molecule has 1 heterocycles. The summed E-state index contributed by atoms with van der Waals surface area (Å²) in [5, 5.41) is 6.44. The van der Waals surface area contributed by atoms with E-state index in [0.29, 0.717) is 25.5 Å². The van der Waals surface area contributed by atoms with Crippen molar-refractivity contribution >= 4 is 5.91 Å². The number of amides is 1. The van der Waals surface area contributed by atoms with Crippen molar-refractivity contribution in [3.63, 3.8) is 0 Å². The van der Waals surface area contributed by atoms with E-state index in [1.165, 1.54) is 0 Å². The number of ether oxygens (including phenoxy) is 1. The molecule has 1 rings (SSSR count). The van der Waals surface area contributed by atoms with Gasteiger partial charge in [0, 0.05) is 20.1 Å². The predicted octanol–water partition coefficient (Wildman–Crippen LogP) is 0.917. The predicted molar refractivity (Wildman–Crippen MR) is 64.3 cm³/mol. The van der Waals surface area contributed by atoms with Gasteiger partial charge in [0.15, 0.2) is 0 Å². The molecular weight excluding hydrogens is 204 g/mol. The van der Waals surface area contributed by atoms with Crippen LogP contribution in [0.4, 0.5) is 0 Å². The fraction of sp³-hybridized carbons (Fsp3) is 0.917. The molecule has 1 fully saturated rings. The van der Waals surface area contributed by atoms with E-state index in [1.54, 1.807) is 7.11 Å². The molecule has 4 nitrogen and oxygen atoms in total. The van der Waals surface area contributed by atoms with Crippen LogP contribution < -0.4 is 10.6 Å². The highest BCUT2D eigenvalue weighted by Crippen LogP contribution is 2.18. The van der Waals surface area contributed by atoms with Crippen molar-refractivity contribution < 1.29 is 9.53 Å². The van der Waals surface area contributed by atoms with Gasteiger partial charge in [-0.15, -0.1) is 0 Å². The normalized spacial score (nSPS) is 25.0. The molecule has 0 aromatic carbocycles. The Morgan fingerprint density at radius 2 is 2.31 bits per heavy atom. The number of hydrogen-bond acceptors (Lipinski definition) is 3. The lowest BCUT2D eigenvalue weighted by atomic mass is 9.98. The fourth-order valence-electron chi connectivity index (χ4n) is 2.18. The first-order chi connectivity index (χ1) is 7.58. The second-order valence-corrected chi connectivity index (χ2v) is 5.12. The highest BCUT2D eigenvalue weighted by Gasteiger charge is 2.33. The summed E-state index contributed by atoms with van der Waals surface area (Å²) in [6, 6.07) is 0. The van der Waals surface area contributed by atoms with Gasteiger partial charge in [-0.05, 0) is 25.3 Å². The SMILES string of the molecule is COCC1(CNC(=O)CC(C)C)CCCN1. The number of nitrogens with one attached hydrogen (secondary N) is 2. The molecule has 0 radical (unpaired) electrons. The summed E-state index contributed by atoms with van der Waals surface area (Å²) in [7, 11) is 1.71. The van der Waals surface area contributed by atoms with Crippen LogP contribution in [0.1, 0.15) is 33.1 Å². The van der Waals surface area contributed by atoms with Crippen LogP contribution in [0, 0.1) is 5.92 Å². The largest absolute Gasteiger partial charge is 0.383 e. The van der Waals surface area contributed by atoms with Crippen LogP contribution in [0.15, 0.2) is 0 Å². The molecular formula is C12H24N2O2. The lowest BCUT2D eigenvalue weighted by molar-refractivity contribution is -0.122. The molecule has 1 unspecified atom stereocenters. The molecule has 2 N–H and O–H groups in total. The lowest BCUT2D eigenvalue weighted by Crippen LogP contribution is -2.53. The van der Waals surface area contributed by atoms with Gasteiger partial charge < -0.3 is 15.4 Å². The first-order valence-electron chi connectivity index (χ1n) is 6.09. The van der Waals surface area contributed by atoms with Crippen LogP contribution in [0.25, 0.3) is 0 Å². The van der Waals surface area contributed by atoms with E-state index in [1.807, 2.05) is 0 Å². The molecule has 0 saturated carbocycles. The maximum absolute atomic E-state index is 11.6. The van der Waals surface area contributed by atoms with Crippen molar-refractivity contribution in [2.75, 3.05) is 26.8 Å². The van der Waals surface area contributed by atoms with Gasteiger partial charge in [-0.25, -0.2) is 0 Å². The molecule has 0 aliphatic carbocycles. The number of carbonyl (C=O) groups excluding carboxylic acids is 1. The van der Waals surface area contributed by atoms with Gasteiger partial charge in [-0.1, -0.05) is 13.8 Å². The molecule has 1 saturated heterocycles. The molecule has 1 aliphatic rings. The number of methoxy groups -OCH3 is 1. The van der Waals surface area contributed by atoms with Crippen molar-refractivity contribution in [1.29, 1.82) is 0 Å². The summed E-state index contributed by atoms with van der Waals surface area (Å²) in [6.07, 6.45) is 2.83. The zero-order valence-electron chi connectivity index (χ0n) is 10.6. The fourth-order valence-corrected chi connectivity index (χ4v) is 2.18. The minimum absolute atomic E-state index is 0.0403. The second kappa shape index (κ2) is 6.21. The third-order valence-corrected chi connectivity index (χ3v) is 2.97. The van der Waals surface area contributed by atoms with Crippen molar-refractivity contribution in [2.24, 2.45) is 5.92 Å². The molecule has 1 aliphatic heterocycles. The summed E-state index contributed by atoms with van der Waals surface area (Å²) in [5.74, 6) is 0.550. The van der Waals surface area contributed by atoms with Crippen LogP contribution in [0.5, 0.6) is 0 Å². The summed E-state index contributed by atoms with van der Waals surface area (Å²) < 4.78 is 5.23. The molecule has 16 heavy (non-hydrogen) atoms. The van der Waals surface area contributed by atoms with Crippen LogP contribution in [0.3, 0.4) is 0 Å². The Morgan fingerprint density at radius 1 is 1.56 bits per heavy atom. The monoisotopic (exact) mass is 228 g/mol. The average molecular weight is 228 g/mol. The topological polar surface area (TPSA) is 50.4 Å². The van der Waals surface area contributed by atoms with Crippen molar-refractivity contribution in [3.05, 3.63) is 0 Å². The minimum Gasteiger partial charge on any atom is -0.383 e. The average Bonchev–Trinajstić information content (AvgIpc) is 2.64. The number of carbonyl (C=O) groups is 1. The Bertz CT molecular complexity index is 223. The zero-order chi connectivity index (χ0) is 12.0. The third-order valence-electron chi connectivity index (χ3n) is 2.97. The molecule has 0 bridgehead atoms.